The predicted octanol–water partition coefficient (Wildman–Crippen LogP) is 7.20. The van der Waals surface area contributed by atoms with Crippen LogP contribution in [0.25, 0.3) is 0 Å². The minimum absolute atomic E-state index is 0.0113. The van der Waals surface area contributed by atoms with Gasteiger partial charge in [-0.1, -0.05) is 106 Å². The van der Waals surface area contributed by atoms with Crippen LogP contribution in [0, 0.1) is 0 Å². The van der Waals surface area contributed by atoms with Crippen molar-refractivity contribution >= 4 is 123 Å². The van der Waals surface area contributed by atoms with Gasteiger partial charge < -0.3 is 85.0 Å². The van der Waals surface area contributed by atoms with Crippen LogP contribution >= 0.6 is 69.6 Å². The van der Waals surface area contributed by atoms with Crippen molar-refractivity contribution in [3.63, 3.8) is 0 Å². The van der Waals surface area contributed by atoms with E-state index in [1.165, 1.54) is 23.1 Å². The molecule has 1 unspecified atom stereocenters. The zero-order chi connectivity index (χ0) is 86.8. The van der Waals surface area contributed by atoms with Gasteiger partial charge in [-0.15, -0.1) is 0 Å². The Morgan fingerprint density at radius 2 is 0.767 bits per heavy atom. The van der Waals surface area contributed by atoms with Crippen molar-refractivity contribution in [1.82, 2.24) is 49.7 Å². The van der Waals surface area contributed by atoms with Crippen molar-refractivity contribution in [2.24, 2.45) is 5.73 Å². The van der Waals surface area contributed by atoms with Gasteiger partial charge in [-0.3, -0.25) is 14.4 Å². The van der Waals surface area contributed by atoms with Gasteiger partial charge in [0, 0.05) is 151 Å². The number of hydrogen-bond donors (Lipinski definition) is 10. The molecule has 3 heterocycles. The smallest absolute Gasteiger partial charge is 0.315 e. The van der Waals surface area contributed by atoms with Gasteiger partial charge in [-0.2, -0.15) is 0 Å². The number of carbonyl (C=O) groups is 4. The molecule has 0 saturated heterocycles. The maximum absolute atomic E-state index is 14.6. The fourth-order valence-electron chi connectivity index (χ4n) is 14.7. The lowest BCUT2D eigenvalue weighted by Gasteiger charge is -2.37. The molecule has 30 nitrogen and oxygen atoms in total. The summed E-state index contributed by atoms with van der Waals surface area (Å²) in [7, 11) is -6.01. The third-order valence-electron chi connectivity index (χ3n) is 21.0. The molecule has 0 saturated carbocycles. The number of nitrogens with zero attached hydrogens (tertiary/aromatic N) is 4. The van der Waals surface area contributed by atoms with Crippen molar-refractivity contribution in [2.45, 2.75) is 102 Å². The molecule has 120 heavy (non-hydrogen) atoms. The van der Waals surface area contributed by atoms with Crippen LogP contribution in [0.1, 0.15) is 106 Å². The van der Waals surface area contributed by atoms with Gasteiger partial charge >= 0.3 is 6.03 Å². The number of halogens is 6. The second-order valence-electron chi connectivity index (χ2n) is 30.0. The molecule has 660 valence electrons. The van der Waals surface area contributed by atoms with E-state index in [1.807, 2.05) is 57.5 Å². The average Bonchev–Trinajstić information content (AvgIpc) is 0.779. The zero-order valence-electron chi connectivity index (χ0n) is 67.2. The van der Waals surface area contributed by atoms with Crippen molar-refractivity contribution in [3.8, 4) is 0 Å². The number of rotatable bonds is 50. The number of carbonyl (C=O) groups excluding carboxylic acids is 4. The number of aliphatic hydroxyl groups is 3. The number of fused-ring (bicyclic) bond motifs is 3. The standard InChI is InChI=1S/C81H107Cl6N11O19S3/c1-95-46-67(64-40-58(82)43-73(85)70(64)49-95)55-7-4-10-61(37-55)118(106,107)90-20-26-113-32-31-112-25-19-89-77(103)14-17-80(16-13-76(88)102,93-79(105)94-81(52-99,53-100)54-101)18-15-78(104)98(23-29-116-35-33-114-27-21-91-119(108,109)62-11-5-8-56(38-62)68-47-96(2)50-71-65(68)41-59(83)44-74(71)86)24-30-117-36-34-115-28-22-92-120(110,111)63-12-6-9-57(39-63)69-48-97(3)51-72-66(69)42-60(84)45-75(72)87/h4-12,37-45,67-69,90-92,99-101H,13-36,46-54H2,1-3H3,(H2,88,102)(H,89,103)(H2,93,94,105)/t67-,68-,69-,80?/m0/s1. The number of aliphatic hydroxyl groups excluding tert-OH is 3. The Bertz CT molecular complexity index is 4650. The van der Waals surface area contributed by atoms with Gasteiger partial charge in [0.25, 0.3) is 0 Å². The van der Waals surface area contributed by atoms with E-state index in [4.69, 9.17) is 104 Å². The molecule has 39 heteroatoms. The second kappa shape index (κ2) is 46.8. The molecule has 11 N–H and O–H groups in total. The topological polar surface area (TPSA) is 398 Å². The largest absolute Gasteiger partial charge is 0.394 e. The quantitative estimate of drug-likeness (QED) is 0.0169. The molecule has 0 aliphatic carbocycles. The van der Waals surface area contributed by atoms with Gasteiger partial charge in [0.1, 0.15) is 5.54 Å². The van der Waals surface area contributed by atoms with E-state index in [-0.39, 0.29) is 190 Å². The first-order chi connectivity index (χ1) is 57.3. The highest BCUT2D eigenvalue weighted by molar-refractivity contribution is 7.90. The molecule has 5 amide bonds. The van der Waals surface area contributed by atoms with Crippen LogP contribution in [0.2, 0.25) is 30.1 Å². The Labute approximate surface area is 732 Å². The highest BCUT2D eigenvalue weighted by atomic mass is 35.5. The van der Waals surface area contributed by atoms with Crippen molar-refractivity contribution in [3.05, 3.63) is 189 Å². The number of nitrogens with two attached hydrogens (primary N) is 1. The summed E-state index contributed by atoms with van der Waals surface area (Å²) in [4.78, 5) is 62.7. The molecule has 3 aliphatic heterocycles. The fraction of sp³-hybridized carbons (Fsp3) is 0.506. The lowest BCUT2D eigenvalue weighted by atomic mass is 9.83. The van der Waals surface area contributed by atoms with E-state index in [9.17, 15) is 59.8 Å². The first-order valence-electron chi connectivity index (χ1n) is 39.3. The van der Waals surface area contributed by atoms with Crippen LogP contribution in [-0.4, -0.2) is 274 Å². The highest BCUT2D eigenvalue weighted by Gasteiger charge is 2.39. The third-order valence-corrected chi connectivity index (χ3v) is 27.1. The molecule has 0 aromatic heterocycles. The molecular weight excluding hydrogens is 1740 g/mol. The minimum Gasteiger partial charge on any atom is -0.394 e. The normalized spacial score (nSPS) is 16.6. The number of hydrogen-bond acceptors (Lipinski definition) is 22. The molecule has 0 bridgehead atoms. The van der Waals surface area contributed by atoms with Crippen LogP contribution in [0.4, 0.5) is 4.79 Å². The molecule has 6 aromatic carbocycles. The Morgan fingerprint density at radius 3 is 1.12 bits per heavy atom. The van der Waals surface area contributed by atoms with Gasteiger partial charge in [-0.05, 0) is 163 Å². The van der Waals surface area contributed by atoms with Gasteiger partial charge in [-0.25, -0.2) is 44.2 Å². The molecular formula is C81H107Cl6N11O19S3. The van der Waals surface area contributed by atoms with E-state index in [1.54, 1.807) is 54.6 Å². The van der Waals surface area contributed by atoms with E-state index in [0.717, 1.165) is 50.1 Å². The lowest BCUT2D eigenvalue weighted by molar-refractivity contribution is -0.133. The number of ether oxygens (including phenoxy) is 6. The third kappa shape index (κ3) is 28.8. The maximum Gasteiger partial charge on any atom is 0.315 e. The first kappa shape index (κ1) is 97.8. The van der Waals surface area contributed by atoms with Gasteiger partial charge in [0.2, 0.25) is 47.8 Å². The average molecular weight is 1850 g/mol. The van der Waals surface area contributed by atoms with Crippen LogP contribution in [0.3, 0.4) is 0 Å². The Kier molecular flexibility index (Phi) is 38.1. The van der Waals surface area contributed by atoms with Gasteiger partial charge in [0.05, 0.1) is 114 Å². The number of benzene rings is 6. The molecule has 6 aromatic rings. The Hall–Kier alpha value is -6.01. The van der Waals surface area contributed by atoms with E-state index < -0.39 is 84.7 Å². The summed E-state index contributed by atoms with van der Waals surface area (Å²) in [6, 6.07) is 29.8. The molecule has 3 aliphatic rings. The molecule has 4 atom stereocenters. The molecule has 9 rings (SSSR count). The summed E-state index contributed by atoms with van der Waals surface area (Å²) in [5.74, 6) is -2.34. The van der Waals surface area contributed by atoms with Crippen molar-refractivity contribution in [1.29, 1.82) is 0 Å². The fourth-order valence-corrected chi connectivity index (χ4v) is 19.6. The number of amides is 5. The monoisotopic (exact) mass is 1840 g/mol. The highest BCUT2D eigenvalue weighted by Crippen LogP contribution is 2.43. The first-order valence-corrected chi connectivity index (χ1v) is 46.0. The summed E-state index contributed by atoms with van der Waals surface area (Å²) in [6.45, 7) is 1.10. The number of likely N-dealkylation sites (N-methyl/N-ethyl adjacent to an activating group) is 3. The number of sulfonamides is 3. The van der Waals surface area contributed by atoms with Crippen LogP contribution in [0.5, 0.6) is 0 Å². The van der Waals surface area contributed by atoms with E-state index in [2.05, 4.69) is 44.8 Å². The molecule has 0 fully saturated rings. The van der Waals surface area contributed by atoms with Crippen LogP contribution in [0.15, 0.2) is 124 Å². The molecule has 0 radical (unpaired) electrons. The summed E-state index contributed by atoms with van der Waals surface area (Å²) in [6.07, 6.45) is -1.53. The van der Waals surface area contributed by atoms with Crippen LogP contribution in [-0.2, 0) is 92.5 Å². The van der Waals surface area contributed by atoms with E-state index in [0.29, 0.717) is 69.4 Å². The maximum atomic E-state index is 14.6. The van der Waals surface area contributed by atoms with E-state index >= 15 is 0 Å². The predicted molar refractivity (Wildman–Crippen MR) is 459 cm³/mol. The number of urea groups is 1. The minimum atomic E-state index is -3.98. The second-order valence-corrected chi connectivity index (χ2v) is 37.8. The summed E-state index contributed by atoms with van der Waals surface area (Å²) < 4.78 is 124. The van der Waals surface area contributed by atoms with Crippen molar-refractivity contribution < 1.29 is 88.2 Å². The number of primary amides is 1. The van der Waals surface area contributed by atoms with Crippen LogP contribution < -0.4 is 35.9 Å². The Balaban J connectivity index is 0.766. The lowest BCUT2D eigenvalue weighted by Crippen LogP contribution is -2.63. The Morgan fingerprint density at radius 1 is 0.442 bits per heavy atom. The number of nitrogens with one attached hydrogen (secondary N) is 6. The van der Waals surface area contributed by atoms with Crippen molar-refractivity contribution in [2.75, 3.05) is 179 Å². The zero-order valence-corrected chi connectivity index (χ0v) is 74.2. The summed E-state index contributed by atoms with van der Waals surface area (Å²) in [5.41, 5.74) is 10.1. The van der Waals surface area contributed by atoms with Gasteiger partial charge in [0.15, 0.2) is 0 Å². The molecule has 0 spiro atoms. The summed E-state index contributed by atoms with van der Waals surface area (Å²) >= 11 is 39.0. The SMILES string of the molecule is CN1Cc2c(Cl)cc(Cl)cc2[C@H](c2cccc(S(=O)(=O)NCCOCCOCCNC(=O)CCC(CCC(N)=O)(CCC(=O)N(CCOCCOCCNS(=O)(=O)c3cccc([C@@H]4CN(C)Cc5c(Cl)cc(Cl)cc54)c3)CCOCCOCCNS(=O)(=O)c3cccc([C@@H]4CN(C)Cc5c(Cl)cc(Cl)cc54)c3)NC(=O)NC(CO)(CO)CO)c2)C1. The summed E-state index contributed by atoms with van der Waals surface area (Å²) in [5, 5.41) is 41.5.